The number of rotatable bonds is 4. The molecular weight excluding hydrogens is 310 g/mol. The van der Waals surface area contributed by atoms with Crippen LogP contribution in [0.15, 0.2) is 5.16 Å². The van der Waals surface area contributed by atoms with Gasteiger partial charge >= 0.3 is 0 Å². The van der Waals surface area contributed by atoms with Crippen molar-refractivity contribution in [3.05, 3.63) is 5.69 Å². The van der Waals surface area contributed by atoms with Gasteiger partial charge in [0, 0.05) is 16.7 Å². The summed E-state index contributed by atoms with van der Waals surface area (Å²) >= 11 is 1.16. The fraction of sp³-hybridized carbons (Fsp3) is 0.556. The van der Waals surface area contributed by atoms with Gasteiger partial charge in [0.15, 0.2) is 5.82 Å². The molecule has 0 atom stereocenters. The summed E-state index contributed by atoms with van der Waals surface area (Å²) in [5.41, 5.74) is 0.762. The van der Waals surface area contributed by atoms with Crippen molar-refractivity contribution >= 4 is 31.3 Å². The minimum Gasteiger partial charge on any atom is -0.293 e. The Hall–Kier alpha value is -1.06. The smallest absolute Gasteiger partial charge is 0.293 e. The highest BCUT2D eigenvalue weighted by molar-refractivity contribution is 8.13. The summed E-state index contributed by atoms with van der Waals surface area (Å²) in [5.74, 6) is 0.432. The highest BCUT2D eigenvalue weighted by Crippen LogP contribution is 2.30. The number of halogens is 1. The lowest BCUT2D eigenvalue weighted by Crippen LogP contribution is -2.10. The average Bonchev–Trinajstić information content (AvgIpc) is 2.93. The van der Waals surface area contributed by atoms with Crippen LogP contribution >= 0.6 is 22.2 Å². The summed E-state index contributed by atoms with van der Waals surface area (Å²) in [4.78, 5) is 0.718. The fourth-order valence-corrected chi connectivity index (χ4v) is 3.39. The number of hydrogen-bond acceptors (Lipinski definition) is 7. The number of nitrogens with zero attached hydrogens (tertiary/aromatic N) is 5. The van der Waals surface area contributed by atoms with Crippen LogP contribution in [0, 0.1) is 0 Å². The molecule has 10 heteroatoms. The van der Waals surface area contributed by atoms with E-state index in [4.69, 9.17) is 10.7 Å². The van der Waals surface area contributed by atoms with E-state index in [-0.39, 0.29) is 11.2 Å². The highest BCUT2D eigenvalue weighted by Gasteiger charge is 2.27. The maximum Gasteiger partial charge on any atom is 0.296 e. The van der Waals surface area contributed by atoms with E-state index in [1.807, 2.05) is 20.8 Å². The van der Waals surface area contributed by atoms with Crippen LogP contribution in [0.2, 0.25) is 0 Å². The first kappa shape index (κ1) is 14.4. The standard InChI is InChI=1S/C9H12ClN5O2S2/c1-4-6-7(18-14-11-6)8-12-13-9(19(10,16)17)15(8)5(2)3/h5H,4H2,1-3H3. The molecule has 0 radical (unpaired) electrons. The van der Waals surface area contributed by atoms with E-state index in [0.29, 0.717) is 12.2 Å². The highest BCUT2D eigenvalue weighted by atomic mass is 35.7. The molecule has 0 N–H and O–H groups in total. The SMILES string of the molecule is CCc1nnsc1-c1nnc(S(=O)(=O)Cl)n1C(C)C. The van der Waals surface area contributed by atoms with E-state index in [1.54, 1.807) is 0 Å². The molecule has 2 aromatic rings. The van der Waals surface area contributed by atoms with Crippen LogP contribution in [0.1, 0.15) is 32.5 Å². The van der Waals surface area contributed by atoms with Crippen LogP contribution < -0.4 is 0 Å². The molecule has 0 unspecified atom stereocenters. The summed E-state index contributed by atoms with van der Waals surface area (Å²) in [6.45, 7) is 5.60. The van der Waals surface area contributed by atoms with Crippen molar-refractivity contribution in [2.75, 3.05) is 0 Å². The number of aryl methyl sites for hydroxylation is 1. The molecule has 0 aliphatic rings. The van der Waals surface area contributed by atoms with Crippen molar-refractivity contribution in [3.8, 4) is 10.7 Å². The Morgan fingerprint density at radius 2 is 2.00 bits per heavy atom. The van der Waals surface area contributed by atoms with E-state index < -0.39 is 9.05 Å². The van der Waals surface area contributed by atoms with Gasteiger partial charge in [-0.05, 0) is 31.8 Å². The maximum atomic E-state index is 11.5. The van der Waals surface area contributed by atoms with Crippen LogP contribution in [-0.4, -0.2) is 32.8 Å². The van der Waals surface area contributed by atoms with Crippen LogP contribution in [0.4, 0.5) is 0 Å². The molecule has 0 aliphatic heterocycles. The molecule has 104 valence electrons. The molecule has 2 aromatic heterocycles. The van der Waals surface area contributed by atoms with E-state index in [1.165, 1.54) is 4.57 Å². The summed E-state index contributed by atoms with van der Waals surface area (Å²) in [6.07, 6.45) is 0.680. The third-order valence-corrected chi connectivity index (χ3v) is 4.39. The van der Waals surface area contributed by atoms with Crippen molar-refractivity contribution in [2.45, 2.75) is 38.4 Å². The molecule has 0 saturated carbocycles. The summed E-state index contributed by atoms with van der Waals surface area (Å²) in [7, 11) is 1.43. The molecule has 0 aliphatic carbocycles. The summed E-state index contributed by atoms with van der Waals surface area (Å²) in [6, 6.07) is -0.152. The van der Waals surface area contributed by atoms with Gasteiger partial charge in [-0.1, -0.05) is 11.4 Å². The van der Waals surface area contributed by atoms with Crippen molar-refractivity contribution in [1.82, 2.24) is 24.4 Å². The lowest BCUT2D eigenvalue weighted by atomic mass is 10.3. The van der Waals surface area contributed by atoms with E-state index >= 15 is 0 Å². The molecule has 0 bridgehead atoms. The Morgan fingerprint density at radius 1 is 1.32 bits per heavy atom. The van der Waals surface area contributed by atoms with Gasteiger partial charge < -0.3 is 0 Å². The second-order valence-corrected chi connectivity index (χ2v) is 7.32. The minimum atomic E-state index is -3.94. The zero-order chi connectivity index (χ0) is 14.2. The Bertz CT molecular complexity index is 691. The van der Waals surface area contributed by atoms with Crippen LogP contribution in [0.5, 0.6) is 0 Å². The third kappa shape index (κ3) is 2.63. The molecule has 19 heavy (non-hydrogen) atoms. The molecule has 2 rings (SSSR count). The zero-order valence-electron chi connectivity index (χ0n) is 10.5. The zero-order valence-corrected chi connectivity index (χ0v) is 12.9. The fourth-order valence-electron chi connectivity index (χ4n) is 1.67. The van der Waals surface area contributed by atoms with Gasteiger partial charge in [-0.2, -0.15) is 0 Å². The van der Waals surface area contributed by atoms with Gasteiger partial charge in [-0.25, -0.2) is 8.42 Å². The summed E-state index contributed by atoms with van der Waals surface area (Å²) in [5, 5.41) is 11.4. The molecule has 0 spiro atoms. The van der Waals surface area contributed by atoms with E-state index in [9.17, 15) is 8.42 Å². The monoisotopic (exact) mass is 321 g/mol. The second-order valence-electron chi connectivity index (χ2n) is 4.11. The predicted molar refractivity (Wildman–Crippen MR) is 71.7 cm³/mol. The van der Waals surface area contributed by atoms with Gasteiger partial charge in [-0.3, -0.25) is 4.57 Å². The van der Waals surface area contributed by atoms with Crippen LogP contribution in [-0.2, 0) is 15.5 Å². The van der Waals surface area contributed by atoms with Crippen molar-refractivity contribution in [1.29, 1.82) is 0 Å². The molecular formula is C9H12ClN5O2S2. The first-order valence-corrected chi connectivity index (χ1v) is 8.65. The van der Waals surface area contributed by atoms with Gasteiger partial charge in [0.05, 0.1) is 5.69 Å². The third-order valence-electron chi connectivity index (χ3n) is 2.49. The quantitative estimate of drug-likeness (QED) is 0.798. The molecule has 7 nitrogen and oxygen atoms in total. The maximum absolute atomic E-state index is 11.5. The van der Waals surface area contributed by atoms with Gasteiger partial charge in [-0.15, -0.1) is 15.3 Å². The average molecular weight is 322 g/mol. The van der Waals surface area contributed by atoms with E-state index in [2.05, 4.69) is 19.8 Å². The molecule has 2 heterocycles. The summed E-state index contributed by atoms with van der Waals surface area (Å²) < 4.78 is 28.4. The normalized spacial score (nSPS) is 12.3. The topological polar surface area (TPSA) is 90.6 Å². The second kappa shape index (κ2) is 5.14. The minimum absolute atomic E-state index is 0.152. The number of aromatic nitrogens is 5. The van der Waals surface area contributed by atoms with Gasteiger partial charge in [0.2, 0.25) is 0 Å². The predicted octanol–water partition coefficient (Wildman–Crippen LogP) is 1.87. The van der Waals surface area contributed by atoms with Crippen molar-refractivity contribution in [2.24, 2.45) is 0 Å². The Labute approximate surface area is 119 Å². The Kier molecular flexibility index (Phi) is 3.88. The largest absolute Gasteiger partial charge is 0.296 e. The van der Waals surface area contributed by atoms with Crippen molar-refractivity contribution < 1.29 is 8.42 Å². The molecule has 0 aromatic carbocycles. The lowest BCUT2D eigenvalue weighted by Gasteiger charge is -2.11. The lowest BCUT2D eigenvalue weighted by molar-refractivity contribution is 0.530. The van der Waals surface area contributed by atoms with Crippen LogP contribution in [0.25, 0.3) is 10.7 Å². The van der Waals surface area contributed by atoms with Crippen LogP contribution in [0.3, 0.4) is 0 Å². The van der Waals surface area contributed by atoms with Crippen molar-refractivity contribution in [3.63, 3.8) is 0 Å². The first-order chi connectivity index (χ1) is 8.86. The molecule has 0 amide bonds. The van der Waals surface area contributed by atoms with E-state index in [0.717, 1.165) is 22.1 Å². The van der Waals surface area contributed by atoms with Gasteiger partial charge in [0.25, 0.3) is 14.2 Å². The molecule has 0 saturated heterocycles. The van der Waals surface area contributed by atoms with Gasteiger partial charge in [0.1, 0.15) is 4.88 Å². The Balaban J connectivity index is 2.69. The Morgan fingerprint density at radius 3 is 2.53 bits per heavy atom. The first-order valence-electron chi connectivity index (χ1n) is 5.57. The molecule has 0 fully saturated rings. The number of hydrogen-bond donors (Lipinski definition) is 0.